The lowest BCUT2D eigenvalue weighted by Gasteiger charge is -2.26. The highest BCUT2D eigenvalue weighted by molar-refractivity contribution is 6.12. The summed E-state index contributed by atoms with van der Waals surface area (Å²) in [6, 6.07) is 40.2. The number of fused-ring (bicyclic) bond motifs is 5. The highest BCUT2D eigenvalue weighted by Gasteiger charge is 2.21. The minimum Gasteiger partial charge on any atom is -0.341 e. The maximum absolute atomic E-state index is 2.47. The van der Waals surface area contributed by atoms with E-state index in [-0.39, 0.29) is 0 Å². The molecule has 44 heavy (non-hydrogen) atoms. The van der Waals surface area contributed by atoms with E-state index in [0.29, 0.717) is 5.92 Å². The molecule has 1 atom stereocenters. The minimum absolute atomic E-state index is 0.486. The van der Waals surface area contributed by atoms with Gasteiger partial charge in [0.2, 0.25) is 0 Å². The van der Waals surface area contributed by atoms with Crippen LogP contribution in [-0.4, -0.2) is 11.1 Å². The van der Waals surface area contributed by atoms with Gasteiger partial charge in [-0.2, -0.15) is 0 Å². The molecule has 7 rings (SSSR count). The van der Waals surface area contributed by atoms with Crippen LogP contribution < -0.4 is 4.90 Å². The summed E-state index contributed by atoms with van der Waals surface area (Å²) in [6.45, 7) is 7.47. The molecule has 1 aromatic heterocycles. The summed E-state index contributed by atoms with van der Waals surface area (Å²) < 4.78 is 2.40. The van der Waals surface area contributed by atoms with Crippen molar-refractivity contribution in [3.63, 3.8) is 0 Å². The summed E-state index contributed by atoms with van der Waals surface area (Å²) >= 11 is 0. The van der Waals surface area contributed by atoms with Crippen molar-refractivity contribution < 1.29 is 0 Å². The van der Waals surface area contributed by atoms with Crippen LogP contribution in [0.5, 0.6) is 0 Å². The summed E-state index contributed by atoms with van der Waals surface area (Å²) in [6.07, 6.45) is 14.2. The van der Waals surface area contributed by atoms with E-state index in [1.807, 2.05) is 0 Å². The van der Waals surface area contributed by atoms with E-state index in [4.69, 9.17) is 0 Å². The number of hydrogen-bond donors (Lipinski definition) is 0. The van der Waals surface area contributed by atoms with E-state index >= 15 is 0 Å². The molecule has 5 aromatic carbocycles. The predicted octanol–water partition coefficient (Wildman–Crippen LogP) is 11.4. The van der Waals surface area contributed by atoms with Crippen molar-refractivity contribution in [2.24, 2.45) is 5.92 Å². The fourth-order valence-electron chi connectivity index (χ4n) is 6.69. The second-order valence-corrected chi connectivity index (χ2v) is 11.8. The Hall–Kier alpha value is -5.08. The molecule has 0 aliphatic carbocycles. The number of anilines is 2. The Labute approximate surface area is 260 Å². The summed E-state index contributed by atoms with van der Waals surface area (Å²) in [4.78, 5) is 2.47. The SMILES string of the molecule is CC=CC=CC(C)Cc1cccc(-c2ccc3c(c2)C=Cc2cc4c(cc2N3CC)c2ccccc2n4-c2ccccc2)c1. The van der Waals surface area contributed by atoms with Gasteiger partial charge in [-0.15, -0.1) is 0 Å². The van der Waals surface area contributed by atoms with E-state index in [1.54, 1.807) is 0 Å². The monoisotopic (exact) mass is 570 g/mol. The third-order valence-electron chi connectivity index (χ3n) is 8.76. The normalized spacial score (nSPS) is 13.6. The van der Waals surface area contributed by atoms with Crippen LogP contribution in [-0.2, 0) is 6.42 Å². The first kappa shape index (κ1) is 27.7. The summed E-state index contributed by atoms with van der Waals surface area (Å²) in [7, 11) is 0. The van der Waals surface area contributed by atoms with Gasteiger partial charge in [-0.1, -0.05) is 110 Å². The summed E-state index contributed by atoms with van der Waals surface area (Å²) in [5, 5.41) is 2.56. The lowest BCUT2D eigenvalue weighted by Crippen LogP contribution is -2.17. The van der Waals surface area contributed by atoms with Crippen LogP contribution in [0.25, 0.3) is 50.8 Å². The van der Waals surface area contributed by atoms with Gasteiger partial charge in [0.15, 0.2) is 0 Å². The molecule has 0 radical (unpaired) electrons. The molecule has 0 saturated carbocycles. The molecule has 0 saturated heterocycles. The van der Waals surface area contributed by atoms with Crippen molar-refractivity contribution in [3.05, 3.63) is 150 Å². The molecule has 0 spiro atoms. The Morgan fingerprint density at radius 1 is 0.659 bits per heavy atom. The van der Waals surface area contributed by atoms with Crippen molar-refractivity contribution in [3.8, 4) is 16.8 Å². The van der Waals surface area contributed by atoms with E-state index in [9.17, 15) is 0 Å². The molecule has 0 N–H and O–H groups in total. The second-order valence-electron chi connectivity index (χ2n) is 11.8. The van der Waals surface area contributed by atoms with Gasteiger partial charge in [0, 0.05) is 39.9 Å². The van der Waals surface area contributed by atoms with Gasteiger partial charge < -0.3 is 9.47 Å². The van der Waals surface area contributed by atoms with Crippen LogP contribution in [0.1, 0.15) is 37.5 Å². The molecule has 216 valence electrons. The van der Waals surface area contributed by atoms with E-state index in [2.05, 4.69) is 176 Å². The maximum atomic E-state index is 2.47. The lowest BCUT2D eigenvalue weighted by atomic mass is 9.95. The summed E-state index contributed by atoms with van der Waals surface area (Å²) in [5.74, 6) is 0.486. The molecule has 2 nitrogen and oxygen atoms in total. The second kappa shape index (κ2) is 11.9. The molecule has 1 unspecified atom stereocenters. The first-order valence-corrected chi connectivity index (χ1v) is 15.8. The van der Waals surface area contributed by atoms with Crippen molar-refractivity contribution in [2.75, 3.05) is 11.4 Å². The van der Waals surface area contributed by atoms with Gasteiger partial charge in [0.1, 0.15) is 0 Å². The first-order chi connectivity index (χ1) is 21.6. The van der Waals surface area contributed by atoms with Gasteiger partial charge in [-0.3, -0.25) is 0 Å². The molecule has 2 heterocycles. The van der Waals surface area contributed by atoms with Crippen LogP contribution in [0.15, 0.2) is 133 Å². The third-order valence-corrected chi connectivity index (χ3v) is 8.76. The Balaban J connectivity index is 1.30. The zero-order valence-corrected chi connectivity index (χ0v) is 25.7. The Bertz CT molecular complexity index is 2060. The van der Waals surface area contributed by atoms with Gasteiger partial charge in [-0.25, -0.2) is 0 Å². The molecule has 0 fully saturated rings. The largest absolute Gasteiger partial charge is 0.341 e. The standard InChI is InChI=1S/C42H38N2/c1-4-6-8-14-30(3)25-31-15-13-16-32(26-31)33-23-24-39-34(27-33)21-22-35-28-42-38(29-41(35)43(39)5-2)37-19-11-12-20-40(37)44(42)36-17-9-7-10-18-36/h4,6-24,26-30H,5,25H2,1-3H3. The number of para-hydroxylation sites is 2. The smallest absolute Gasteiger partial charge is 0.0548 e. The van der Waals surface area contributed by atoms with Crippen molar-refractivity contribution in [1.29, 1.82) is 0 Å². The summed E-state index contributed by atoms with van der Waals surface area (Å²) in [5.41, 5.74) is 12.5. The highest BCUT2D eigenvalue weighted by Crippen LogP contribution is 2.42. The predicted molar refractivity (Wildman–Crippen MR) is 191 cm³/mol. The van der Waals surface area contributed by atoms with Crippen molar-refractivity contribution >= 4 is 45.3 Å². The van der Waals surface area contributed by atoms with Crippen LogP contribution in [0.4, 0.5) is 11.4 Å². The molecule has 0 bridgehead atoms. The fraction of sp³-hybridized carbons (Fsp3) is 0.143. The van der Waals surface area contributed by atoms with Gasteiger partial charge in [-0.05, 0) is 90.9 Å². The molecule has 2 heteroatoms. The van der Waals surface area contributed by atoms with Gasteiger partial charge in [0.05, 0.1) is 11.0 Å². The fourth-order valence-corrected chi connectivity index (χ4v) is 6.69. The number of hydrogen-bond acceptors (Lipinski definition) is 1. The number of nitrogens with zero attached hydrogens (tertiary/aromatic N) is 2. The van der Waals surface area contributed by atoms with Crippen molar-refractivity contribution in [1.82, 2.24) is 4.57 Å². The Morgan fingerprint density at radius 2 is 1.43 bits per heavy atom. The van der Waals surface area contributed by atoms with Crippen LogP contribution in [0, 0.1) is 5.92 Å². The van der Waals surface area contributed by atoms with E-state index in [0.717, 1.165) is 13.0 Å². The van der Waals surface area contributed by atoms with Crippen LogP contribution in [0.2, 0.25) is 0 Å². The topological polar surface area (TPSA) is 8.17 Å². The number of aromatic nitrogens is 1. The third kappa shape index (κ3) is 5.07. The maximum Gasteiger partial charge on any atom is 0.0548 e. The molecule has 6 aromatic rings. The number of rotatable bonds is 7. The molecule has 0 amide bonds. The van der Waals surface area contributed by atoms with Gasteiger partial charge in [0.25, 0.3) is 0 Å². The highest BCUT2D eigenvalue weighted by atomic mass is 15.1. The molecule has 1 aliphatic rings. The van der Waals surface area contributed by atoms with E-state index < -0.39 is 0 Å². The molecular formula is C42H38N2. The average molecular weight is 571 g/mol. The zero-order chi connectivity index (χ0) is 30.0. The number of allylic oxidation sites excluding steroid dienone is 4. The Kier molecular flexibility index (Phi) is 7.50. The van der Waals surface area contributed by atoms with Crippen molar-refractivity contribution in [2.45, 2.75) is 27.2 Å². The quantitative estimate of drug-likeness (QED) is 0.173. The lowest BCUT2D eigenvalue weighted by molar-refractivity contribution is 0.724. The number of benzene rings is 5. The average Bonchev–Trinajstić information content (AvgIpc) is 3.29. The molecule has 1 aliphatic heterocycles. The van der Waals surface area contributed by atoms with Gasteiger partial charge >= 0.3 is 0 Å². The zero-order valence-electron chi connectivity index (χ0n) is 25.7. The van der Waals surface area contributed by atoms with Crippen LogP contribution in [0.3, 0.4) is 0 Å². The first-order valence-electron chi connectivity index (χ1n) is 15.8. The molecular weight excluding hydrogens is 532 g/mol. The van der Waals surface area contributed by atoms with E-state index in [1.165, 1.54) is 66.7 Å². The minimum atomic E-state index is 0.486. The van der Waals surface area contributed by atoms with Crippen LogP contribution >= 0.6 is 0 Å². The Morgan fingerprint density at radius 3 is 2.25 bits per heavy atom.